The summed E-state index contributed by atoms with van der Waals surface area (Å²) in [5.74, 6) is 0.284. The number of carbonyl (C=O) groups is 1. The number of hydrogen-bond acceptors (Lipinski definition) is 5. The van der Waals surface area contributed by atoms with Gasteiger partial charge in [-0.25, -0.2) is 0 Å². The molecule has 1 aromatic carbocycles. The van der Waals surface area contributed by atoms with Crippen molar-refractivity contribution in [3.05, 3.63) is 72.3 Å². The van der Waals surface area contributed by atoms with Gasteiger partial charge in [0.2, 0.25) is 5.91 Å². The summed E-state index contributed by atoms with van der Waals surface area (Å²) in [7, 11) is 3.05. The van der Waals surface area contributed by atoms with Crippen LogP contribution in [0.2, 0.25) is 0 Å². The lowest BCUT2D eigenvalue weighted by Gasteiger charge is -2.30. The van der Waals surface area contributed by atoms with Crippen LogP contribution < -0.4 is 20.3 Å². The van der Waals surface area contributed by atoms with Gasteiger partial charge >= 0.3 is 0 Å². The number of amides is 1. The van der Waals surface area contributed by atoms with Crippen LogP contribution in [0.25, 0.3) is 0 Å². The van der Waals surface area contributed by atoms with E-state index in [4.69, 9.17) is 21.7 Å². The number of thiocarbonyl (C=S) groups is 1. The topological polar surface area (TPSA) is 80.7 Å². The molecule has 2 atom stereocenters. The van der Waals surface area contributed by atoms with Gasteiger partial charge in [-0.3, -0.25) is 9.78 Å². The van der Waals surface area contributed by atoms with E-state index in [2.05, 4.69) is 57.3 Å². The van der Waals surface area contributed by atoms with Crippen molar-refractivity contribution in [3.63, 3.8) is 0 Å². The minimum Gasteiger partial charge on any atom is -0.495 e. The molecular weight excluding hydrogens is 450 g/mol. The van der Waals surface area contributed by atoms with Crippen molar-refractivity contribution >= 4 is 34.6 Å². The van der Waals surface area contributed by atoms with E-state index in [-0.39, 0.29) is 30.6 Å². The Labute approximate surface area is 204 Å². The van der Waals surface area contributed by atoms with Gasteiger partial charge in [0.25, 0.3) is 0 Å². The summed E-state index contributed by atoms with van der Waals surface area (Å²) >= 11 is 5.83. The normalized spacial score (nSPS) is 17.7. The van der Waals surface area contributed by atoms with Gasteiger partial charge in [-0.2, -0.15) is 0 Å². The summed E-state index contributed by atoms with van der Waals surface area (Å²) in [6.45, 7) is 4.26. The zero-order valence-electron chi connectivity index (χ0n) is 19.7. The molecule has 34 heavy (non-hydrogen) atoms. The van der Waals surface area contributed by atoms with Crippen LogP contribution in [0.15, 0.2) is 60.9 Å². The molecule has 1 fully saturated rings. The third-order valence-corrected chi connectivity index (χ3v) is 6.09. The largest absolute Gasteiger partial charge is 0.495 e. The fraction of sp³-hybridized carbons (Fsp3) is 0.320. The third-order valence-electron chi connectivity index (χ3n) is 5.78. The average Bonchev–Trinajstić information content (AvgIpc) is 3.44. The van der Waals surface area contributed by atoms with Crippen LogP contribution in [-0.4, -0.2) is 41.4 Å². The Bertz CT molecular complexity index is 1160. The Kier molecular flexibility index (Phi) is 7.14. The maximum Gasteiger partial charge on any atom is 0.250 e. The molecule has 0 unspecified atom stereocenters. The number of ether oxygens (including phenoxy) is 2. The minimum absolute atomic E-state index is 0.0522. The summed E-state index contributed by atoms with van der Waals surface area (Å²) in [5.41, 5.74) is 3.38. The van der Waals surface area contributed by atoms with Crippen LogP contribution >= 0.6 is 12.2 Å². The van der Waals surface area contributed by atoms with Crippen molar-refractivity contribution in [2.45, 2.75) is 32.0 Å². The molecule has 8 nitrogen and oxygen atoms in total. The highest BCUT2D eigenvalue weighted by molar-refractivity contribution is 7.80. The first-order valence-electron chi connectivity index (χ1n) is 11.1. The van der Waals surface area contributed by atoms with Crippen LogP contribution in [-0.2, 0) is 9.53 Å². The van der Waals surface area contributed by atoms with Gasteiger partial charge in [0.1, 0.15) is 18.4 Å². The number of nitrogens with one attached hydrogen (secondary N) is 2. The number of anilines is 2. The maximum atomic E-state index is 12.2. The summed E-state index contributed by atoms with van der Waals surface area (Å²) in [4.78, 5) is 18.9. The van der Waals surface area contributed by atoms with Crippen molar-refractivity contribution in [2.75, 3.05) is 31.0 Å². The second kappa shape index (κ2) is 10.2. The van der Waals surface area contributed by atoms with Crippen LogP contribution in [0, 0.1) is 0 Å². The highest BCUT2D eigenvalue weighted by atomic mass is 32.1. The van der Waals surface area contributed by atoms with Crippen molar-refractivity contribution in [2.24, 2.45) is 0 Å². The van der Waals surface area contributed by atoms with E-state index in [9.17, 15) is 4.79 Å². The van der Waals surface area contributed by atoms with Crippen LogP contribution in [0.1, 0.15) is 43.4 Å². The van der Waals surface area contributed by atoms with E-state index in [1.54, 1.807) is 13.3 Å². The van der Waals surface area contributed by atoms with E-state index in [1.807, 2.05) is 36.4 Å². The summed E-state index contributed by atoms with van der Waals surface area (Å²) < 4.78 is 12.7. The minimum atomic E-state index is -0.267. The molecule has 1 aliphatic rings. The molecule has 4 rings (SSSR count). The fourth-order valence-electron chi connectivity index (χ4n) is 4.32. The standard InChI is InChI=1S/C25H29N5O3S/c1-16(2)29-13-7-9-20(29)24-23(18-8-5-6-12-26-18)28-25(34)30(24)17-10-11-21(33-4)19(14-17)27-22(31)15-32-3/h5-14,16,23-24H,15H2,1-4H3,(H,27,31)(H,28,34)/t23-,24-/m1/s1. The van der Waals surface area contributed by atoms with Crippen molar-refractivity contribution in [1.82, 2.24) is 14.9 Å². The molecule has 2 aromatic heterocycles. The van der Waals surface area contributed by atoms with Gasteiger partial charge in [-0.15, -0.1) is 0 Å². The van der Waals surface area contributed by atoms with Gasteiger partial charge in [-0.1, -0.05) is 6.07 Å². The molecule has 0 radical (unpaired) electrons. The van der Waals surface area contributed by atoms with Gasteiger partial charge in [-0.05, 0) is 68.5 Å². The Morgan fingerprint density at radius 2 is 2.03 bits per heavy atom. The fourth-order valence-corrected chi connectivity index (χ4v) is 4.67. The van der Waals surface area contributed by atoms with Gasteiger partial charge in [0, 0.05) is 36.9 Å². The molecule has 0 bridgehead atoms. The molecule has 3 heterocycles. The lowest BCUT2D eigenvalue weighted by atomic mass is 10.0. The Morgan fingerprint density at radius 1 is 1.21 bits per heavy atom. The molecule has 178 valence electrons. The number of pyridine rings is 1. The van der Waals surface area contributed by atoms with E-state index >= 15 is 0 Å². The number of hydrogen-bond donors (Lipinski definition) is 2. The molecule has 0 spiro atoms. The number of rotatable bonds is 8. The van der Waals surface area contributed by atoms with Crippen LogP contribution in [0.4, 0.5) is 11.4 Å². The Balaban J connectivity index is 1.81. The number of aromatic nitrogens is 2. The van der Waals surface area contributed by atoms with E-state index in [0.717, 1.165) is 17.1 Å². The number of nitrogens with zero attached hydrogens (tertiary/aromatic N) is 3. The van der Waals surface area contributed by atoms with E-state index < -0.39 is 0 Å². The average molecular weight is 480 g/mol. The molecule has 0 aliphatic carbocycles. The highest BCUT2D eigenvalue weighted by Gasteiger charge is 2.42. The predicted octanol–water partition coefficient (Wildman–Crippen LogP) is 4.23. The smallest absolute Gasteiger partial charge is 0.250 e. The lowest BCUT2D eigenvalue weighted by Crippen LogP contribution is -2.30. The molecule has 1 aliphatic heterocycles. The molecule has 1 amide bonds. The monoisotopic (exact) mass is 479 g/mol. The first-order valence-corrected chi connectivity index (χ1v) is 11.5. The van der Waals surface area contributed by atoms with Gasteiger partial charge < -0.3 is 29.6 Å². The summed E-state index contributed by atoms with van der Waals surface area (Å²) in [6.07, 6.45) is 3.87. The summed E-state index contributed by atoms with van der Waals surface area (Å²) in [5, 5.41) is 6.92. The molecule has 2 N–H and O–H groups in total. The number of carbonyl (C=O) groups excluding carboxylic acids is 1. The predicted molar refractivity (Wildman–Crippen MR) is 136 cm³/mol. The van der Waals surface area contributed by atoms with Crippen molar-refractivity contribution < 1.29 is 14.3 Å². The molecule has 0 saturated carbocycles. The second-order valence-electron chi connectivity index (χ2n) is 8.30. The number of methoxy groups -OCH3 is 2. The van der Waals surface area contributed by atoms with E-state index in [0.29, 0.717) is 16.5 Å². The van der Waals surface area contributed by atoms with Gasteiger partial charge in [0.05, 0.1) is 24.5 Å². The van der Waals surface area contributed by atoms with Crippen LogP contribution in [0.3, 0.4) is 0 Å². The third kappa shape index (κ3) is 4.62. The SMILES string of the molecule is COCC(=O)Nc1cc(N2C(=S)N[C@H](c3ccccn3)[C@H]2c2cccn2C(C)C)ccc1OC. The maximum absolute atomic E-state index is 12.2. The van der Waals surface area contributed by atoms with Crippen LogP contribution in [0.5, 0.6) is 5.75 Å². The second-order valence-corrected chi connectivity index (χ2v) is 8.68. The zero-order chi connectivity index (χ0) is 24.2. The Morgan fingerprint density at radius 3 is 2.71 bits per heavy atom. The quantitative estimate of drug-likeness (QED) is 0.468. The number of benzene rings is 1. The molecule has 1 saturated heterocycles. The highest BCUT2D eigenvalue weighted by Crippen LogP contribution is 2.43. The summed E-state index contributed by atoms with van der Waals surface area (Å²) in [6, 6.07) is 15.6. The Hall–Kier alpha value is -3.43. The van der Waals surface area contributed by atoms with Crippen molar-refractivity contribution in [3.8, 4) is 5.75 Å². The zero-order valence-corrected chi connectivity index (χ0v) is 20.5. The van der Waals surface area contributed by atoms with Gasteiger partial charge in [0.15, 0.2) is 5.11 Å². The van der Waals surface area contributed by atoms with Crippen molar-refractivity contribution in [1.29, 1.82) is 0 Å². The molecule has 9 heteroatoms. The molecule has 3 aromatic rings. The lowest BCUT2D eigenvalue weighted by molar-refractivity contribution is -0.119. The van der Waals surface area contributed by atoms with E-state index in [1.165, 1.54) is 7.11 Å². The first kappa shape index (κ1) is 23.7. The molecular formula is C25H29N5O3S. The first-order chi connectivity index (χ1) is 16.4.